The summed E-state index contributed by atoms with van der Waals surface area (Å²) in [5.41, 5.74) is -6.21. The van der Waals surface area contributed by atoms with E-state index in [0.717, 1.165) is 31.4 Å². The highest BCUT2D eigenvalue weighted by Gasteiger charge is 2.51. The fourth-order valence-electron chi connectivity index (χ4n) is 7.29. The number of carboxylic acids is 1. The minimum absolute atomic E-state index is 0.152. The van der Waals surface area contributed by atoms with Gasteiger partial charge in [-0.15, -0.1) is 5.10 Å². The first-order valence-electron chi connectivity index (χ1n) is 20.3. The Morgan fingerprint density at radius 2 is 1.67 bits per heavy atom. The van der Waals surface area contributed by atoms with Gasteiger partial charge < -0.3 is 30.2 Å². The van der Waals surface area contributed by atoms with Gasteiger partial charge in [-0.25, -0.2) is 18.6 Å². The van der Waals surface area contributed by atoms with E-state index in [1.807, 2.05) is 5.32 Å². The van der Waals surface area contributed by atoms with Crippen molar-refractivity contribution in [2.45, 2.75) is 75.6 Å². The number of carbonyl (C=O) groups excluding carboxylic acids is 2. The van der Waals surface area contributed by atoms with Crippen LogP contribution in [0.3, 0.4) is 0 Å². The van der Waals surface area contributed by atoms with Crippen molar-refractivity contribution in [3.05, 3.63) is 87.3 Å². The number of fused-ring (bicyclic) bond motifs is 1. The average molecular weight is 1060 g/mol. The summed E-state index contributed by atoms with van der Waals surface area (Å²) >= 11 is 2.63. The number of benzene rings is 2. The normalized spacial score (nSPS) is 16.3. The molecule has 1 aliphatic carbocycles. The Kier molecular flexibility index (Phi) is 16.8. The number of hydrogen-bond acceptors (Lipinski definition) is 9. The van der Waals surface area contributed by atoms with Crippen LogP contribution < -0.4 is 20.3 Å². The number of hydrogen-bond donors (Lipinski definition) is 5. The van der Waals surface area contributed by atoms with Crippen LogP contribution in [-0.4, -0.2) is 101 Å². The van der Waals surface area contributed by atoms with Crippen molar-refractivity contribution < 1.29 is 72.5 Å². The Morgan fingerprint density at radius 1 is 1.04 bits per heavy atom. The number of pyridine rings is 1. The lowest BCUT2D eigenvalue weighted by molar-refractivity contribution is -0.142. The number of aliphatic carboxylic acids is 1. The molecule has 0 aliphatic heterocycles. The van der Waals surface area contributed by atoms with Crippen LogP contribution in [0, 0.1) is 34.8 Å². The summed E-state index contributed by atoms with van der Waals surface area (Å²) < 4.78 is 169. The minimum Gasteiger partial charge on any atom is -0.615 e. The molecule has 4 aromatic rings. The first-order chi connectivity index (χ1) is 32.3. The van der Waals surface area contributed by atoms with E-state index in [4.69, 9.17) is 22.1 Å². The molecule has 0 radical (unpaired) electrons. The molecule has 2 aromatic heterocycles. The molecule has 5 rings (SSSR count). The predicted molar refractivity (Wildman–Crippen MR) is 240 cm³/mol. The summed E-state index contributed by atoms with van der Waals surface area (Å²) in [6.07, 6.45) is -10.5. The van der Waals surface area contributed by atoms with Crippen LogP contribution in [0.2, 0.25) is 5.02 Å². The summed E-state index contributed by atoms with van der Waals surface area (Å²) in [4.78, 5) is 43.0. The fraction of sp³-hybridized carbons (Fsp3) is 0.395. The molecule has 2 heterocycles. The van der Waals surface area contributed by atoms with Crippen LogP contribution in [0.5, 0.6) is 0 Å². The summed E-state index contributed by atoms with van der Waals surface area (Å²) in [7, 11) is 0. The molecular formula is C43H41ClF10N8O6S2. The number of amides is 3. The van der Waals surface area contributed by atoms with Gasteiger partial charge in [0.2, 0.25) is 11.7 Å². The lowest BCUT2D eigenvalue weighted by Crippen LogP contribution is -2.44. The number of aromatic nitrogens is 3. The maximum absolute atomic E-state index is 15.2. The highest BCUT2D eigenvalue weighted by atomic mass is 35.5. The number of nitrogens with one attached hydrogen (secondary N) is 4. The second-order valence-electron chi connectivity index (χ2n) is 16.3. The molecule has 3 unspecified atom stereocenters. The SMILES string of the molecule is C[C@H]1CC(F)(F)C(NCC(=O)NC(Cc2cc(F)cc(F)c2)c2nc(C#CC(C)(C)[S+](C)[O-])ccc2-c2ccc(Cl)c3c(N(C(=O)NCCC(=O)O)[S+](C)[O-])nn(CC(F)(F)F)c23)=C1C(=N)C(F)(F)F. The van der Waals surface area contributed by atoms with Crippen LogP contribution in [0.1, 0.15) is 56.6 Å². The maximum atomic E-state index is 15.2. The fourth-order valence-corrected chi connectivity index (χ4v) is 8.39. The largest absolute Gasteiger partial charge is 0.615 e. The van der Waals surface area contributed by atoms with Crippen LogP contribution in [0.25, 0.3) is 22.0 Å². The lowest BCUT2D eigenvalue weighted by Gasteiger charge is -2.24. The number of allylic oxidation sites excluding steroid dienone is 2. The van der Waals surface area contributed by atoms with Gasteiger partial charge in [-0.2, -0.15) is 35.1 Å². The Morgan fingerprint density at radius 3 is 2.24 bits per heavy atom. The number of alkyl halides is 8. The molecule has 0 bridgehead atoms. The number of urea groups is 1. The molecule has 1 aliphatic rings. The topological polar surface area (TPSA) is 211 Å². The maximum Gasteiger partial charge on any atom is 0.433 e. The number of carbonyl (C=O) groups is 3. The van der Waals surface area contributed by atoms with E-state index in [9.17, 15) is 58.6 Å². The summed E-state index contributed by atoms with van der Waals surface area (Å²) in [5, 5.41) is 26.6. The van der Waals surface area contributed by atoms with E-state index in [1.165, 1.54) is 38.3 Å². The number of anilines is 1. The van der Waals surface area contributed by atoms with Crippen molar-refractivity contribution in [1.82, 2.24) is 30.7 Å². The molecule has 3 amide bonds. The third-order valence-electron chi connectivity index (χ3n) is 10.5. The van der Waals surface area contributed by atoms with E-state index >= 15 is 8.78 Å². The van der Waals surface area contributed by atoms with Gasteiger partial charge in [-0.3, -0.25) is 19.7 Å². The van der Waals surface area contributed by atoms with Crippen LogP contribution in [-0.2, 0) is 45.1 Å². The second-order valence-corrected chi connectivity index (χ2v) is 19.8. The number of nitrogens with zero attached hydrogens (tertiary/aromatic N) is 4. The van der Waals surface area contributed by atoms with E-state index in [0.29, 0.717) is 15.1 Å². The van der Waals surface area contributed by atoms with Gasteiger partial charge in [-0.05, 0) is 85.1 Å². The summed E-state index contributed by atoms with van der Waals surface area (Å²) in [6.45, 7) is 0.466. The van der Waals surface area contributed by atoms with Crippen LogP contribution in [0.4, 0.5) is 54.5 Å². The zero-order valence-electron chi connectivity index (χ0n) is 37.2. The Labute approximate surface area is 403 Å². The smallest absolute Gasteiger partial charge is 0.433 e. The minimum atomic E-state index is -5.36. The Hall–Kier alpha value is -5.75. The highest BCUT2D eigenvalue weighted by molar-refractivity contribution is 7.93. The Balaban J connectivity index is 1.79. The van der Waals surface area contributed by atoms with Crippen molar-refractivity contribution in [2.24, 2.45) is 5.92 Å². The monoisotopic (exact) mass is 1050 g/mol. The van der Waals surface area contributed by atoms with Gasteiger partial charge in [0.15, 0.2) is 4.75 Å². The summed E-state index contributed by atoms with van der Waals surface area (Å²) in [5.74, 6) is -5.48. The van der Waals surface area contributed by atoms with E-state index in [1.54, 1.807) is 0 Å². The molecule has 0 spiro atoms. The molecule has 0 saturated carbocycles. The van der Waals surface area contributed by atoms with Crippen molar-refractivity contribution in [2.75, 3.05) is 29.9 Å². The zero-order chi connectivity index (χ0) is 52.4. The molecule has 378 valence electrons. The van der Waals surface area contributed by atoms with Gasteiger partial charge in [-0.1, -0.05) is 28.9 Å². The molecule has 70 heavy (non-hydrogen) atoms. The number of rotatable bonds is 16. The van der Waals surface area contributed by atoms with Gasteiger partial charge >= 0.3 is 24.4 Å². The Bertz CT molecular complexity index is 2770. The van der Waals surface area contributed by atoms with Gasteiger partial charge in [0.1, 0.15) is 35.8 Å². The molecule has 0 saturated heterocycles. The highest BCUT2D eigenvalue weighted by Crippen LogP contribution is 2.45. The lowest BCUT2D eigenvalue weighted by atomic mass is 9.93. The van der Waals surface area contributed by atoms with Gasteiger partial charge in [0, 0.05) is 35.7 Å². The standard InChI is InChI=1S/C43H41ClF10N8O6S2/c1-21-18-41(47,48)37(32(21)36(55)43(52,53)54)57-19-30(63)59-29(16-22-14-23(45)17-24(46)15-22)34-26(7-6-25(58-34)10-12-40(2,3)69(4)67)27-8-9-28(44)33-35(27)61(20-42(49,50)51)60-38(33)62(70(5)68)39(66)56-13-11-31(64)65/h6-9,14-15,17,21,29,55,57H,11,13,16,18-20H2,1-5H3,(H,56,66)(H,59,63)(H,64,65)/t21-,29?,69?,70?/m0/s1. The first kappa shape index (κ1) is 55.2. The second kappa shape index (κ2) is 21.3. The quantitative estimate of drug-likeness (QED) is 0.0319. The van der Waals surface area contributed by atoms with E-state index in [-0.39, 0.29) is 33.1 Å². The molecule has 14 nitrogen and oxygen atoms in total. The zero-order valence-corrected chi connectivity index (χ0v) is 39.6. The molecule has 2 aromatic carbocycles. The predicted octanol–water partition coefficient (Wildman–Crippen LogP) is 7.89. The van der Waals surface area contributed by atoms with E-state index in [2.05, 4.69) is 32.6 Å². The van der Waals surface area contributed by atoms with Gasteiger partial charge in [0.05, 0.1) is 63.9 Å². The molecule has 27 heteroatoms. The first-order valence-corrected chi connectivity index (χ1v) is 23.8. The number of halogens is 11. The van der Waals surface area contributed by atoms with Gasteiger partial charge in [0.25, 0.3) is 5.92 Å². The van der Waals surface area contributed by atoms with Crippen LogP contribution >= 0.6 is 11.6 Å². The number of carboxylic acid groups (broad SMARTS) is 1. The third kappa shape index (κ3) is 13.2. The van der Waals surface area contributed by atoms with Crippen LogP contribution in [0.15, 0.2) is 53.7 Å². The van der Waals surface area contributed by atoms with Crippen molar-refractivity contribution in [3.63, 3.8) is 0 Å². The molecule has 4 atom stereocenters. The molecule has 5 N–H and O–H groups in total. The van der Waals surface area contributed by atoms with E-state index < -0.39 is 160 Å². The molecular weight excluding hydrogens is 1010 g/mol. The molecule has 0 fully saturated rings. The van der Waals surface area contributed by atoms with Crippen molar-refractivity contribution in [1.29, 1.82) is 5.41 Å². The van der Waals surface area contributed by atoms with Crippen molar-refractivity contribution >= 4 is 74.5 Å². The average Bonchev–Trinajstić information content (AvgIpc) is 3.68. The van der Waals surface area contributed by atoms with Crippen molar-refractivity contribution in [3.8, 4) is 23.0 Å². The third-order valence-corrected chi connectivity index (χ3v) is 13.2. The summed E-state index contributed by atoms with van der Waals surface area (Å²) in [6, 6.07) is 4.07.